The molecule has 1 aliphatic carbocycles. The topological polar surface area (TPSA) is 21.3 Å². The smallest absolute Gasteiger partial charge is 0.0488 e. The van der Waals surface area contributed by atoms with Crippen molar-refractivity contribution >= 4 is 0 Å². The molecule has 1 atom stereocenters. The van der Waals surface area contributed by atoms with Crippen molar-refractivity contribution in [3.8, 4) is 0 Å². The highest BCUT2D eigenvalue weighted by molar-refractivity contribution is 4.92. The molecule has 0 spiro atoms. The molecule has 0 heterocycles. The number of hydrogen-bond donors (Lipinski definition) is 1. The monoisotopic (exact) mass is 241 g/mol. The lowest BCUT2D eigenvalue weighted by Gasteiger charge is -2.31. The van der Waals surface area contributed by atoms with Crippen molar-refractivity contribution in [3.05, 3.63) is 0 Å². The van der Waals surface area contributed by atoms with Gasteiger partial charge in [0.15, 0.2) is 0 Å². The number of rotatable bonds is 9. The van der Waals surface area contributed by atoms with Crippen LogP contribution in [0, 0.1) is 17.3 Å². The molecule has 1 unspecified atom stereocenters. The summed E-state index contributed by atoms with van der Waals surface area (Å²) < 4.78 is 5.75. The molecule has 1 N–H and O–H groups in total. The molecule has 17 heavy (non-hydrogen) atoms. The van der Waals surface area contributed by atoms with Crippen LogP contribution in [-0.2, 0) is 4.74 Å². The summed E-state index contributed by atoms with van der Waals surface area (Å²) in [7, 11) is 0. The van der Waals surface area contributed by atoms with Gasteiger partial charge in [-0.15, -0.1) is 0 Å². The van der Waals surface area contributed by atoms with E-state index in [9.17, 15) is 0 Å². The fourth-order valence-electron chi connectivity index (χ4n) is 2.28. The Balaban J connectivity index is 2.26. The van der Waals surface area contributed by atoms with E-state index in [-0.39, 0.29) is 0 Å². The fourth-order valence-corrected chi connectivity index (χ4v) is 2.28. The molecule has 0 aromatic rings. The molecule has 0 amide bonds. The van der Waals surface area contributed by atoms with Gasteiger partial charge < -0.3 is 10.1 Å². The van der Waals surface area contributed by atoms with Crippen molar-refractivity contribution < 1.29 is 4.74 Å². The van der Waals surface area contributed by atoms with E-state index in [2.05, 4.69) is 39.9 Å². The minimum atomic E-state index is 0.446. The highest BCUT2D eigenvalue weighted by atomic mass is 16.5. The Labute approximate surface area is 108 Å². The largest absolute Gasteiger partial charge is 0.381 e. The van der Waals surface area contributed by atoms with Gasteiger partial charge in [0.2, 0.25) is 0 Å². The summed E-state index contributed by atoms with van der Waals surface area (Å²) in [6, 6.07) is 0.588. The highest BCUT2D eigenvalue weighted by Gasteiger charge is 2.40. The van der Waals surface area contributed by atoms with Gasteiger partial charge in [-0.3, -0.25) is 0 Å². The normalized spacial score (nSPS) is 19.9. The Morgan fingerprint density at radius 3 is 2.35 bits per heavy atom. The lowest BCUT2D eigenvalue weighted by molar-refractivity contribution is 0.0729. The van der Waals surface area contributed by atoms with E-state index in [0.717, 1.165) is 25.7 Å². The standard InChI is InChI=1S/C15H31NO/c1-12(2)10-17-9-8-15(5,14-6-7-14)11-16-13(3)4/h12-14,16H,6-11H2,1-5H3. The number of ether oxygens (including phenoxy) is 1. The van der Waals surface area contributed by atoms with Crippen LogP contribution in [-0.4, -0.2) is 25.8 Å². The van der Waals surface area contributed by atoms with Gasteiger partial charge in [0.25, 0.3) is 0 Å². The van der Waals surface area contributed by atoms with Crippen molar-refractivity contribution in [2.75, 3.05) is 19.8 Å². The molecule has 1 saturated carbocycles. The van der Waals surface area contributed by atoms with E-state index in [1.165, 1.54) is 19.3 Å². The van der Waals surface area contributed by atoms with Crippen LogP contribution in [0.4, 0.5) is 0 Å². The van der Waals surface area contributed by atoms with Gasteiger partial charge in [0.1, 0.15) is 0 Å². The number of nitrogens with one attached hydrogen (secondary N) is 1. The lowest BCUT2D eigenvalue weighted by Crippen LogP contribution is -2.38. The fraction of sp³-hybridized carbons (Fsp3) is 1.00. The average molecular weight is 241 g/mol. The maximum absolute atomic E-state index is 5.75. The molecular weight excluding hydrogens is 210 g/mol. The Morgan fingerprint density at radius 2 is 1.88 bits per heavy atom. The first-order valence-corrected chi connectivity index (χ1v) is 7.25. The maximum atomic E-state index is 5.75. The van der Waals surface area contributed by atoms with Crippen LogP contribution in [0.1, 0.15) is 53.9 Å². The molecule has 0 saturated heterocycles. The Hall–Kier alpha value is -0.0800. The molecule has 0 aliphatic heterocycles. The molecule has 1 aliphatic rings. The first kappa shape index (κ1) is 15.0. The first-order chi connectivity index (χ1) is 7.94. The number of hydrogen-bond acceptors (Lipinski definition) is 2. The summed E-state index contributed by atoms with van der Waals surface area (Å²) in [6.45, 7) is 14.3. The van der Waals surface area contributed by atoms with Crippen LogP contribution in [0.25, 0.3) is 0 Å². The molecular formula is C15H31NO. The molecule has 1 rings (SSSR count). The summed E-state index contributed by atoms with van der Waals surface area (Å²) in [6.07, 6.45) is 4.03. The van der Waals surface area contributed by atoms with E-state index >= 15 is 0 Å². The van der Waals surface area contributed by atoms with Crippen molar-refractivity contribution in [2.24, 2.45) is 17.3 Å². The zero-order valence-corrected chi connectivity index (χ0v) is 12.4. The van der Waals surface area contributed by atoms with Gasteiger partial charge in [-0.05, 0) is 36.5 Å². The third kappa shape index (κ3) is 5.87. The minimum absolute atomic E-state index is 0.446. The van der Waals surface area contributed by atoms with E-state index in [0.29, 0.717) is 17.4 Å². The Kier molecular flexibility index (Phi) is 5.94. The van der Waals surface area contributed by atoms with Gasteiger partial charge in [0, 0.05) is 25.8 Å². The second-order valence-corrected chi connectivity index (χ2v) is 6.68. The molecule has 2 heteroatoms. The van der Waals surface area contributed by atoms with Crippen LogP contribution in [0.15, 0.2) is 0 Å². The summed E-state index contributed by atoms with van der Waals surface area (Å²) in [5.41, 5.74) is 0.446. The van der Waals surface area contributed by atoms with Crippen molar-refractivity contribution in [1.82, 2.24) is 5.32 Å². The van der Waals surface area contributed by atoms with E-state index in [1.54, 1.807) is 0 Å². The quantitative estimate of drug-likeness (QED) is 0.624. The van der Waals surface area contributed by atoms with E-state index in [4.69, 9.17) is 4.74 Å². The molecule has 0 radical (unpaired) electrons. The molecule has 1 fully saturated rings. The van der Waals surface area contributed by atoms with E-state index < -0.39 is 0 Å². The first-order valence-electron chi connectivity index (χ1n) is 7.25. The van der Waals surface area contributed by atoms with Gasteiger partial charge in [-0.25, -0.2) is 0 Å². The minimum Gasteiger partial charge on any atom is -0.381 e. The van der Waals surface area contributed by atoms with Crippen LogP contribution in [0.5, 0.6) is 0 Å². The molecule has 0 bridgehead atoms. The highest BCUT2D eigenvalue weighted by Crippen LogP contribution is 2.47. The predicted molar refractivity (Wildman–Crippen MR) is 74.2 cm³/mol. The third-order valence-corrected chi connectivity index (χ3v) is 3.75. The van der Waals surface area contributed by atoms with Crippen LogP contribution >= 0.6 is 0 Å². The molecule has 0 aromatic carbocycles. The molecule has 0 aromatic heterocycles. The van der Waals surface area contributed by atoms with Crippen molar-refractivity contribution in [3.63, 3.8) is 0 Å². The third-order valence-electron chi connectivity index (χ3n) is 3.75. The van der Waals surface area contributed by atoms with Crippen molar-refractivity contribution in [2.45, 2.75) is 59.9 Å². The summed E-state index contributed by atoms with van der Waals surface area (Å²) >= 11 is 0. The second kappa shape index (κ2) is 6.75. The Morgan fingerprint density at radius 1 is 1.24 bits per heavy atom. The van der Waals surface area contributed by atoms with Gasteiger partial charge >= 0.3 is 0 Å². The molecule has 102 valence electrons. The predicted octanol–water partition coefficient (Wildman–Crippen LogP) is 3.46. The Bertz CT molecular complexity index is 211. The molecule has 2 nitrogen and oxygen atoms in total. The van der Waals surface area contributed by atoms with Crippen LogP contribution in [0.3, 0.4) is 0 Å². The zero-order valence-electron chi connectivity index (χ0n) is 12.4. The van der Waals surface area contributed by atoms with Crippen LogP contribution in [0.2, 0.25) is 0 Å². The van der Waals surface area contributed by atoms with Gasteiger partial charge in [-0.2, -0.15) is 0 Å². The SMILES string of the molecule is CC(C)COCCC(C)(CNC(C)C)C1CC1. The summed E-state index contributed by atoms with van der Waals surface area (Å²) in [4.78, 5) is 0. The van der Waals surface area contributed by atoms with Crippen molar-refractivity contribution in [1.29, 1.82) is 0 Å². The average Bonchev–Trinajstić information content (AvgIpc) is 3.05. The second-order valence-electron chi connectivity index (χ2n) is 6.68. The van der Waals surface area contributed by atoms with Gasteiger partial charge in [-0.1, -0.05) is 34.6 Å². The summed E-state index contributed by atoms with van der Waals surface area (Å²) in [5, 5.41) is 3.60. The maximum Gasteiger partial charge on any atom is 0.0488 e. The lowest BCUT2D eigenvalue weighted by atomic mass is 9.81. The summed E-state index contributed by atoms with van der Waals surface area (Å²) in [5.74, 6) is 1.58. The van der Waals surface area contributed by atoms with E-state index in [1.807, 2.05) is 0 Å². The van der Waals surface area contributed by atoms with Crippen LogP contribution < -0.4 is 5.32 Å². The zero-order chi connectivity index (χ0) is 12.9. The van der Waals surface area contributed by atoms with Gasteiger partial charge in [0.05, 0.1) is 0 Å².